The highest BCUT2D eigenvalue weighted by Gasteiger charge is 2.28. The zero-order chi connectivity index (χ0) is 12.5. The predicted octanol–water partition coefficient (Wildman–Crippen LogP) is 1.27. The Kier molecular flexibility index (Phi) is 3.19. The van der Waals surface area contributed by atoms with Crippen molar-refractivity contribution in [3.63, 3.8) is 0 Å². The van der Waals surface area contributed by atoms with Crippen molar-refractivity contribution in [1.29, 1.82) is 0 Å². The number of rotatable bonds is 0. The van der Waals surface area contributed by atoms with Crippen LogP contribution < -0.4 is 0 Å². The van der Waals surface area contributed by atoms with Crippen LogP contribution in [0.3, 0.4) is 0 Å². The van der Waals surface area contributed by atoms with E-state index in [2.05, 4.69) is 30.7 Å². The number of carbonyl (C=O) groups excluding carboxylic acids is 1. The summed E-state index contributed by atoms with van der Waals surface area (Å²) >= 11 is 0. The first-order valence-electron chi connectivity index (χ1n) is 6.01. The van der Waals surface area contributed by atoms with Crippen molar-refractivity contribution >= 4 is 6.03 Å². The molecule has 1 aromatic rings. The largest absolute Gasteiger partial charge is 0.329 e. The van der Waals surface area contributed by atoms with E-state index < -0.39 is 0 Å². The summed E-state index contributed by atoms with van der Waals surface area (Å²) in [4.78, 5) is 20.2. The van der Waals surface area contributed by atoms with Crippen LogP contribution in [-0.4, -0.2) is 57.1 Å². The van der Waals surface area contributed by atoms with Crippen LogP contribution >= 0.6 is 0 Å². The van der Waals surface area contributed by atoms with Gasteiger partial charge in [-0.25, -0.2) is 9.78 Å². The summed E-state index contributed by atoms with van der Waals surface area (Å²) in [7, 11) is 0. The van der Waals surface area contributed by atoms with Crippen molar-refractivity contribution in [1.82, 2.24) is 19.4 Å². The van der Waals surface area contributed by atoms with Crippen LogP contribution in [0.25, 0.3) is 0 Å². The summed E-state index contributed by atoms with van der Waals surface area (Å²) in [6.07, 6.45) is 4.88. The van der Waals surface area contributed by atoms with E-state index in [1.54, 1.807) is 18.7 Å². The van der Waals surface area contributed by atoms with E-state index in [0.717, 1.165) is 26.2 Å². The Morgan fingerprint density at radius 3 is 2.29 bits per heavy atom. The Bertz CT molecular complexity index is 372. The zero-order valence-electron chi connectivity index (χ0n) is 10.8. The highest BCUT2D eigenvalue weighted by Crippen LogP contribution is 2.16. The first kappa shape index (κ1) is 12.1. The van der Waals surface area contributed by atoms with E-state index in [1.165, 1.54) is 4.57 Å². The number of aromatic nitrogens is 2. The number of carbonyl (C=O) groups is 1. The molecule has 1 fully saturated rings. The lowest BCUT2D eigenvalue weighted by Crippen LogP contribution is -2.55. The highest BCUT2D eigenvalue weighted by molar-refractivity contribution is 5.76. The molecule has 0 atom stereocenters. The fraction of sp³-hybridized carbons (Fsp3) is 0.667. The second-order valence-electron chi connectivity index (χ2n) is 5.40. The van der Waals surface area contributed by atoms with Crippen molar-refractivity contribution in [2.75, 3.05) is 26.2 Å². The number of piperazine rings is 1. The molecule has 5 heteroatoms. The maximum atomic E-state index is 12.0. The smallest absolute Gasteiger partial charge is 0.321 e. The molecule has 0 aromatic carbocycles. The monoisotopic (exact) mass is 236 g/mol. The van der Waals surface area contributed by atoms with E-state index in [0.29, 0.717) is 0 Å². The van der Waals surface area contributed by atoms with E-state index in [1.807, 2.05) is 4.90 Å². The molecule has 17 heavy (non-hydrogen) atoms. The van der Waals surface area contributed by atoms with Gasteiger partial charge in [-0.3, -0.25) is 9.47 Å². The quantitative estimate of drug-likeness (QED) is 0.681. The number of nitrogens with zero attached hydrogens (tertiary/aromatic N) is 4. The van der Waals surface area contributed by atoms with E-state index in [4.69, 9.17) is 0 Å². The van der Waals surface area contributed by atoms with Crippen LogP contribution in [0, 0.1) is 0 Å². The van der Waals surface area contributed by atoms with Gasteiger partial charge in [-0.1, -0.05) is 0 Å². The topological polar surface area (TPSA) is 41.4 Å². The van der Waals surface area contributed by atoms with Crippen molar-refractivity contribution in [3.8, 4) is 0 Å². The molecule has 0 spiro atoms. The third kappa shape index (κ3) is 2.66. The van der Waals surface area contributed by atoms with Crippen LogP contribution in [0.4, 0.5) is 4.79 Å². The minimum Gasteiger partial charge on any atom is -0.321 e. The zero-order valence-corrected chi connectivity index (χ0v) is 10.8. The SMILES string of the molecule is CC(C)(C)N1CCN(C(=O)n2ccnc2)CC1. The van der Waals surface area contributed by atoms with Gasteiger partial charge in [0.05, 0.1) is 0 Å². The van der Waals surface area contributed by atoms with Crippen LogP contribution in [0.15, 0.2) is 18.7 Å². The fourth-order valence-electron chi connectivity index (χ4n) is 2.10. The molecule has 0 radical (unpaired) electrons. The minimum atomic E-state index is 0.0241. The van der Waals surface area contributed by atoms with Crippen LogP contribution in [0.2, 0.25) is 0 Å². The lowest BCUT2D eigenvalue weighted by Gasteiger charge is -2.42. The van der Waals surface area contributed by atoms with Gasteiger partial charge in [-0.2, -0.15) is 0 Å². The van der Waals surface area contributed by atoms with Gasteiger partial charge in [0.2, 0.25) is 0 Å². The molecule has 1 amide bonds. The summed E-state index contributed by atoms with van der Waals surface area (Å²) in [6, 6.07) is 0.0241. The molecule has 0 saturated carbocycles. The molecule has 0 unspecified atom stereocenters. The molecule has 0 aliphatic carbocycles. The summed E-state index contributed by atoms with van der Waals surface area (Å²) in [5.74, 6) is 0. The maximum absolute atomic E-state index is 12.0. The lowest BCUT2D eigenvalue weighted by atomic mass is 10.1. The average Bonchev–Trinajstić information content (AvgIpc) is 2.80. The Hall–Kier alpha value is -1.36. The van der Waals surface area contributed by atoms with Crippen molar-refractivity contribution in [2.45, 2.75) is 26.3 Å². The number of amides is 1. The van der Waals surface area contributed by atoms with Gasteiger partial charge >= 0.3 is 6.03 Å². The van der Waals surface area contributed by atoms with E-state index in [9.17, 15) is 4.79 Å². The van der Waals surface area contributed by atoms with Crippen molar-refractivity contribution in [3.05, 3.63) is 18.7 Å². The highest BCUT2D eigenvalue weighted by atomic mass is 16.2. The summed E-state index contributed by atoms with van der Waals surface area (Å²) in [5.41, 5.74) is 0.185. The predicted molar refractivity (Wildman–Crippen MR) is 65.9 cm³/mol. The molecule has 2 heterocycles. The van der Waals surface area contributed by atoms with Crippen LogP contribution in [0.5, 0.6) is 0 Å². The van der Waals surface area contributed by atoms with Gasteiger partial charge in [0.15, 0.2) is 0 Å². The first-order valence-corrected chi connectivity index (χ1v) is 6.01. The molecular weight excluding hydrogens is 216 g/mol. The van der Waals surface area contributed by atoms with Gasteiger partial charge < -0.3 is 4.90 Å². The number of hydrogen-bond acceptors (Lipinski definition) is 3. The van der Waals surface area contributed by atoms with Crippen molar-refractivity contribution < 1.29 is 4.79 Å². The summed E-state index contributed by atoms with van der Waals surface area (Å²) in [6.45, 7) is 10.1. The second kappa shape index (κ2) is 4.49. The van der Waals surface area contributed by atoms with Gasteiger partial charge in [0, 0.05) is 44.1 Å². The Morgan fingerprint density at radius 1 is 1.18 bits per heavy atom. The molecule has 1 aromatic heterocycles. The standard InChI is InChI=1S/C12H20N4O/c1-12(2,3)16-8-6-14(7-9-16)11(17)15-5-4-13-10-15/h4-5,10H,6-9H2,1-3H3. The molecule has 2 rings (SSSR count). The van der Waals surface area contributed by atoms with Gasteiger partial charge in [0.25, 0.3) is 0 Å². The summed E-state index contributed by atoms with van der Waals surface area (Å²) < 4.78 is 1.53. The van der Waals surface area contributed by atoms with E-state index >= 15 is 0 Å². The van der Waals surface area contributed by atoms with E-state index in [-0.39, 0.29) is 11.6 Å². The molecule has 1 aliphatic heterocycles. The minimum absolute atomic E-state index is 0.0241. The molecule has 1 aliphatic rings. The van der Waals surface area contributed by atoms with Crippen molar-refractivity contribution in [2.24, 2.45) is 0 Å². The molecule has 0 N–H and O–H groups in total. The lowest BCUT2D eigenvalue weighted by molar-refractivity contribution is 0.0746. The maximum Gasteiger partial charge on any atom is 0.329 e. The number of hydrogen-bond donors (Lipinski definition) is 0. The molecular formula is C12H20N4O. The molecule has 0 bridgehead atoms. The Balaban J connectivity index is 1.94. The first-order chi connectivity index (χ1) is 7.98. The van der Waals surface area contributed by atoms with Gasteiger partial charge in [-0.05, 0) is 20.8 Å². The van der Waals surface area contributed by atoms with Crippen LogP contribution in [-0.2, 0) is 0 Å². The molecule has 1 saturated heterocycles. The van der Waals surface area contributed by atoms with Gasteiger partial charge in [0.1, 0.15) is 6.33 Å². The second-order valence-corrected chi connectivity index (χ2v) is 5.40. The molecule has 94 valence electrons. The Labute approximate surface area is 102 Å². The number of imidazole rings is 1. The average molecular weight is 236 g/mol. The Morgan fingerprint density at radius 2 is 1.82 bits per heavy atom. The van der Waals surface area contributed by atoms with Gasteiger partial charge in [-0.15, -0.1) is 0 Å². The normalized spacial score (nSPS) is 18.4. The van der Waals surface area contributed by atoms with Crippen LogP contribution in [0.1, 0.15) is 20.8 Å². The third-order valence-electron chi connectivity index (χ3n) is 3.22. The fourth-order valence-corrected chi connectivity index (χ4v) is 2.10. The third-order valence-corrected chi connectivity index (χ3v) is 3.22. The summed E-state index contributed by atoms with van der Waals surface area (Å²) in [5, 5.41) is 0. The molecule has 5 nitrogen and oxygen atoms in total.